The number of hydrogen-bond acceptors (Lipinski definition) is 3. The van der Waals surface area contributed by atoms with Gasteiger partial charge in [0.15, 0.2) is 0 Å². The van der Waals surface area contributed by atoms with Crippen molar-refractivity contribution in [1.82, 2.24) is 10.2 Å². The Balaban J connectivity index is 1.73. The second-order valence-corrected chi connectivity index (χ2v) is 6.78. The molecule has 0 saturated carbocycles. The Morgan fingerprint density at radius 2 is 2.09 bits per heavy atom. The summed E-state index contributed by atoms with van der Waals surface area (Å²) in [7, 11) is 0. The molecule has 2 fully saturated rings. The van der Waals surface area contributed by atoms with Crippen LogP contribution in [0.2, 0.25) is 0 Å². The van der Waals surface area contributed by atoms with Gasteiger partial charge in [-0.15, -0.1) is 0 Å². The first-order valence-corrected chi connectivity index (χ1v) is 8.45. The van der Waals surface area contributed by atoms with Crippen LogP contribution >= 0.6 is 15.9 Å². The first-order valence-electron chi connectivity index (χ1n) is 7.66. The summed E-state index contributed by atoms with van der Waals surface area (Å²) in [6.45, 7) is 4.81. The third-order valence-corrected chi connectivity index (χ3v) is 5.00. The van der Waals surface area contributed by atoms with Crippen LogP contribution in [0.4, 0.5) is 5.69 Å². The Labute approximate surface area is 138 Å². The smallest absolute Gasteiger partial charge is 0.239 e. The Morgan fingerprint density at radius 3 is 2.82 bits per heavy atom. The highest BCUT2D eigenvalue weighted by atomic mass is 79.9. The predicted molar refractivity (Wildman–Crippen MR) is 88.6 cm³/mol. The zero-order chi connectivity index (χ0) is 15.7. The monoisotopic (exact) mass is 365 g/mol. The quantitative estimate of drug-likeness (QED) is 0.810. The SMILES string of the molecule is CC1CN(C(=O)C2CCN(c3ccccc3Br)C2=O)CCN1. The number of halogens is 1. The van der Waals surface area contributed by atoms with Gasteiger partial charge in [-0.25, -0.2) is 0 Å². The molecule has 2 aliphatic heterocycles. The van der Waals surface area contributed by atoms with Crippen molar-refractivity contribution in [3.63, 3.8) is 0 Å². The highest BCUT2D eigenvalue weighted by Crippen LogP contribution is 2.32. The van der Waals surface area contributed by atoms with Crippen LogP contribution in [0.3, 0.4) is 0 Å². The van der Waals surface area contributed by atoms with Gasteiger partial charge in [-0.2, -0.15) is 0 Å². The maximum atomic E-state index is 12.7. The Kier molecular flexibility index (Phi) is 4.49. The van der Waals surface area contributed by atoms with Gasteiger partial charge in [-0.3, -0.25) is 9.59 Å². The van der Waals surface area contributed by atoms with E-state index in [-0.39, 0.29) is 17.9 Å². The summed E-state index contributed by atoms with van der Waals surface area (Å²) < 4.78 is 0.882. The summed E-state index contributed by atoms with van der Waals surface area (Å²) in [5.41, 5.74) is 0.844. The molecule has 2 heterocycles. The molecule has 6 heteroatoms. The fourth-order valence-corrected chi connectivity index (χ4v) is 3.67. The molecular formula is C16H20BrN3O2. The molecule has 3 rings (SSSR count). The summed E-state index contributed by atoms with van der Waals surface area (Å²) in [4.78, 5) is 28.9. The summed E-state index contributed by atoms with van der Waals surface area (Å²) in [5, 5.41) is 3.32. The number of amides is 2. The third-order valence-electron chi connectivity index (χ3n) is 4.33. The van der Waals surface area contributed by atoms with Crippen molar-refractivity contribution < 1.29 is 9.59 Å². The molecule has 2 aliphatic rings. The van der Waals surface area contributed by atoms with E-state index in [1.165, 1.54) is 0 Å². The maximum absolute atomic E-state index is 12.7. The van der Waals surface area contributed by atoms with E-state index in [1.54, 1.807) is 4.90 Å². The molecule has 118 valence electrons. The van der Waals surface area contributed by atoms with Crippen LogP contribution in [0.15, 0.2) is 28.7 Å². The molecule has 1 N–H and O–H groups in total. The van der Waals surface area contributed by atoms with E-state index in [1.807, 2.05) is 29.2 Å². The number of rotatable bonds is 2. The van der Waals surface area contributed by atoms with Crippen LogP contribution in [0, 0.1) is 5.92 Å². The van der Waals surface area contributed by atoms with E-state index < -0.39 is 5.92 Å². The lowest BCUT2D eigenvalue weighted by atomic mass is 10.1. The van der Waals surface area contributed by atoms with Gasteiger partial charge >= 0.3 is 0 Å². The molecule has 22 heavy (non-hydrogen) atoms. The van der Waals surface area contributed by atoms with Crippen molar-refractivity contribution in [2.45, 2.75) is 19.4 Å². The fraction of sp³-hybridized carbons (Fsp3) is 0.500. The second kappa shape index (κ2) is 6.38. The van der Waals surface area contributed by atoms with Crippen molar-refractivity contribution in [2.75, 3.05) is 31.1 Å². The van der Waals surface area contributed by atoms with Crippen molar-refractivity contribution >= 4 is 33.4 Å². The summed E-state index contributed by atoms with van der Waals surface area (Å²) in [6, 6.07) is 7.92. The van der Waals surface area contributed by atoms with Gasteiger partial charge in [-0.1, -0.05) is 12.1 Å². The molecule has 0 aromatic heterocycles. The van der Waals surface area contributed by atoms with Gasteiger partial charge in [0.05, 0.1) is 5.69 Å². The van der Waals surface area contributed by atoms with Crippen LogP contribution in [-0.2, 0) is 9.59 Å². The molecule has 2 unspecified atom stereocenters. The number of hydrogen-bond donors (Lipinski definition) is 1. The van der Waals surface area contributed by atoms with E-state index in [0.29, 0.717) is 26.1 Å². The van der Waals surface area contributed by atoms with Crippen LogP contribution < -0.4 is 10.2 Å². The summed E-state index contributed by atoms with van der Waals surface area (Å²) >= 11 is 3.48. The number of nitrogens with one attached hydrogen (secondary N) is 1. The van der Waals surface area contributed by atoms with Crippen LogP contribution in [0.25, 0.3) is 0 Å². The highest BCUT2D eigenvalue weighted by molar-refractivity contribution is 9.10. The number of benzene rings is 1. The standard InChI is InChI=1S/C16H20BrN3O2/c1-11-10-19(9-7-18-11)15(21)12-6-8-20(16(12)22)14-5-3-2-4-13(14)17/h2-5,11-12,18H,6-10H2,1H3. The van der Waals surface area contributed by atoms with E-state index >= 15 is 0 Å². The fourth-order valence-electron chi connectivity index (χ4n) is 3.17. The Bertz CT molecular complexity index is 593. The molecule has 0 radical (unpaired) electrons. The minimum absolute atomic E-state index is 0.0205. The Morgan fingerprint density at radius 1 is 1.32 bits per heavy atom. The molecule has 2 amide bonds. The molecular weight excluding hydrogens is 346 g/mol. The van der Waals surface area contributed by atoms with Gasteiger partial charge in [0.25, 0.3) is 0 Å². The third kappa shape index (κ3) is 2.90. The second-order valence-electron chi connectivity index (χ2n) is 5.92. The van der Waals surface area contributed by atoms with Gasteiger partial charge in [0.2, 0.25) is 11.8 Å². The molecule has 2 saturated heterocycles. The highest BCUT2D eigenvalue weighted by Gasteiger charge is 2.40. The number of anilines is 1. The number of nitrogens with zero attached hydrogens (tertiary/aromatic N) is 2. The summed E-state index contributed by atoms with van der Waals surface area (Å²) in [6.07, 6.45) is 0.595. The van der Waals surface area contributed by atoms with Crippen LogP contribution in [0.5, 0.6) is 0 Å². The molecule has 0 bridgehead atoms. The minimum Gasteiger partial charge on any atom is -0.339 e. The zero-order valence-corrected chi connectivity index (χ0v) is 14.2. The normalized spacial score (nSPS) is 25.6. The number of carbonyl (C=O) groups excluding carboxylic acids is 2. The van der Waals surface area contributed by atoms with Crippen molar-refractivity contribution in [3.05, 3.63) is 28.7 Å². The summed E-state index contributed by atoms with van der Waals surface area (Å²) in [5.74, 6) is -0.631. The number of carbonyl (C=O) groups is 2. The van der Waals surface area contributed by atoms with Crippen molar-refractivity contribution in [3.8, 4) is 0 Å². The van der Waals surface area contributed by atoms with E-state index in [9.17, 15) is 9.59 Å². The topological polar surface area (TPSA) is 52.7 Å². The maximum Gasteiger partial charge on any atom is 0.239 e. The lowest BCUT2D eigenvalue weighted by Crippen LogP contribution is -2.53. The molecule has 1 aromatic carbocycles. The zero-order valence-electron chi connectivity index (χ0n) is 12.6. The lowest BCUT2D eigenvalue weighted by Gasteiger charge is -2.33. The average molecular weight is 366 g/mol. The van der Waals surface area contributed by atoms with Gasteiger partial charge < -0.3 is 15.1 Å². The molecule has 0 aliphatic carbocycles. The number of piperazine rings is 1. The minimum atomic E-state index is -0.530. The Hall–Kier alpha value is -1.40. The van der Waals surface area contributed by atoms with Crippen LogP contribution in [-0.4, -0.2) is 48.9 Å². The average Bonchev–Trinajstić information content (AvgIpc) is 2.88. The van der Waals surface area contributed by atoms with Gasteiger partial charge in [0.1, 0.15) is 5.92 Å². The van der Waals surface area contributed by atoms with Crippen molar-refractivity contribution in [2.24, 2.45) is 5.92 Å². The molecule has 1 aromatic rings. The molecule has 2 atom stereocenters. The van der Waals surface area contributed by atoms with E-state index in [2.05, 4.69) is 28.2 Å². The van der Waals surface area contributed by atoms with Gasteiger partial charge in [-0.05, 0) is 41.4 Å². The molecule has 0 spiro atoms. The van der Waals surface area contributed by atoms with E-state index in [0.717, 1.165) is 16.7 Å². The predicted octanol–water partition coefficient (Wildman–Crippen LogP) is 1.62. The largest absolute Gasteiger partial charge is 0.339 e. The molecule has 5 nitrogen and oxygen atoms in total. The first kappa shape index (κ1) is 15.5. The lowest BCUT2D eigenvalue weighted by molar-refractivity contribution is -0.140. The van der Waals surface area contributed by atoms with Crippen LogP contribution in [0.1, 0.15) is 13.3 Å². The van der Waals surface area contributed by atoms with E-state index in [4.69, 9.17) is 0 Å². The first-order chi connectivity index (χ1) is 10.6. The number of para-hydroxylation sites is 1. The van der Waals surface area contributed by atoms with Gasteiger partial charge in [0, 0.05) is 36.7 Å². The van der Waals surface area contributed by atoms with Crippen molar-refractivity contribution in [1.29, 1.82) is 0 Å².